The summed E-state index contributed by atoms with van der Waals surface area (Å²) in [5.74, 6) is 0.607. The number of halogens is 2. The van der Waals surface area contributed by atoms with Gasteiger partial charge in [-0.1, -0.05) is 35.3 Å². The van der Waals surface area contributed by atoms with Crippen molar-refractivity contribution in [3.05, 3.63) is 69.2 Å². The van der Waals surface area contributed by atoms with Crippen molar-refractivity contribution in [2.24, 2.45) is 0 Å². The number of amides is 1. The molecule has 0 spiro atoms. The van der Waals surface area contributed by atoms with Crippen LogP contribution in [0.5, 0.6) is 5.75 Å². The summed E-state index contributed by atoms with van der Waals surface area (Å²) in [6.07, 6.45) is 3.09. The highest BCUT2D eigenvalue weighted by atomic mass is 35.5. The van der Waals surface area contributed by atoms with Crippen molar-refractivity contribution in [2.75, 3.05) is 13.2 Å². The van der Waals surface area contributed by atoms with E-state index in [1.165, 1.54) is 6.08 Å². The molecule has 0 unspecified atom stereocenters. The van der Waals surface area contributed by atoms with Gasteiger partial charge in [0.05, 0.1) is 6.54 Å². The molecule has 0 aliphatic carbocycles. The molecule has 0 radical (unpaired) electrons. The number of rotatable bonds is 6. The van der Waals surface area contributed by atoms with Crippen LogP contribution in [0.1, 0.15) is 16.7 Å². The second-order valence-corrected chi connectivity index (χ2v) is 6.31. The molecule has 2 aromatic rings. The first-order valence-corrected chi connectivity index (χ1v) is 8.32. The SMILES string of the molecule is Cc1cc(C)cc(OCCNC(=O)/C=C/c2ccc(Cl)cc2Cl)c1. The Kier molecular flexibility index (Phi) is 6.71. The number of hydrogen-bond donors (Lipinski definition) is 1. The molecule has 126 valence electrons. The maximum Gasteiger partial charge on any atom is 0.244 e. The van der Waals surface area contributed by atoms with Crippen molar-refractivity contribution in [3.8, 4) is 5.75 Å². The minimum absolute atomic E-state index is 0.204. The highest BCUT2D eigenvalue weighted by molar-refractivity contribution is 6.35. The highest BCUT2D eigenvalue weighted by Crippen LogP contribution is 2.21. The average Bonchev–Trinajstić information content (AvgIpc) is 2.50. The standard InChI is InChI=1S/C19H19Cl2NO2/c1-13-9-14(2)11-17(10-13)24-8-7-22-19(23)6-4-15-3-5-16(20)12-18(15)21/h3-6,9-12H,7-8H2,1-2H3,(H,22,23)/b6-4+. The fraction of sp³-hybridized carbons (Fsp3) is 0.211. The largest absolute Gasteiger partial charge is 0.492 e. The van der Waals surface area contributed by atoms with Crippen LogP contribution in [0.4, 0.5) is 0 Å². The van der Waals surface area contributed by atoms with Gasteiger partial charge < -0.3 is 10.1 Å². The van der Waals surface area contributed by atoms with Gasteiger partial charge in [0.25, 0.3) is 0 Å². The van der Waals surface area contributed by atoms with Gasteiger partial charge in [0.1, 0.15) is 12.4 Å². The van der Waals surface area contributed by atoms with E-state index >= 15 is 0 Å². The summed E-state index contributed by atoms with van der Waals surface area (Å²) in [5.41, 5.74) is 3.04. The number of benzene rings is 2. The molecule has 0 heterocycles. The quantitative estimate of drug-likeness (QED) is 0.590. The molecule has 0 fully saturated rings. The minimum Gasteiger partial charge on any atom is -0.492 e. The Balaban J connectivity index is 1.78. The maximum absolute atomic E-state index is 11.8. The van der Waals surface area contributed by atoms with Crippen molar-refractivity contribution < 1.29 is 9.53 Å². The molecular formula is C19H19Cl2NO2. The number of carbonyl (C=O) groups is 1. The van der Waals surface area contributed by atoms with Crippen molar-refractivity contribution in [3.63, 3.8) is 0 Å². The van der Waals surface area contributed by atoms with Crippen LogP contribution in [0, 0.1) is 13.8 Å². The van der Waals surface area contributed by atoms with Gasteiger partial charge in [-0.05, 0) is 60.9 Å². The third kappa shape index (κ3) is 5.91. The Hall–Kier alpha value is -1.97. The molecule has 0 saturated heterocycles. The molecular weight excluding hydrogens is 345 g/mol. The molecule has 2 rings (SSSR count). The molecule has 3 nitrogen and oxygen atoms in total. The van der Waals surface area contributed by atoms with Gasteiger partial charge in [-0.3, -0.25) is 4.79 Å². The summed E-state index contributed by atoms with van der Waals surface area (Å²) < 4.78 is 5.64. The van der Waals surface area contributed by atoms with Gasteiger partial charge in [0.2, 0.25) is 5.91 Å². The first-order chi connectivity index (χ1) is 11.4. The number of aryl methyl sites for hydroxylation is 2. The first kappa shape index (κ1) is 18.4. The summed E-state index contributed by atoms with van der Waals surface area (Å²) in [7, 11) is 0. The number of hydrogen-bond acceptors (Lipinski definition) is 2. The highest BCUT2D eigenvalue weighted by Gasteiger charge is 2.00. The van der Waals surface area contributed by atoms with Crippen LogP contribution in [-0.4, -0.2) is 19.1 Å². The zero-order valence-corrected chi connectivity index (χ0v) is 15.1. The van der Waals surface area contributed by atoms with E-state index in [9.17, 15) is 4.79 Å². The molecule has 0 aliphatic rings. The van der Waals surface area contributed by atoms with Crippen molar-refractivity contribution >= 4 is 35.2 Å². The normalized spacial score (nSPS) is 10.8. The van der Waals surface area contributed by atoms with E-state index in [1.807, 2.05) is 26.0 Å². The average molecular weight is 364 g/mol. The lowest BCUT2D eigenvalue weighted by atomic mass is 10.1. The monoisotopic (exact) mass is 363 g/mol. The molecule has 0 bridgehead atoms. The van der Waals surface area contributed by atoms with E-state index in [4.69, 9.17) is 27.9 Å². The summed E-state index contributed by atoms with van der Waals surface area (Å²) in [5, 5.41) is 3.83. The molecule has 0 aromatic heterocycles. The van der Waals surface area contributed by atoms with E-state index in [-0.39, 0.29) is 5.91 Å². The van der Waals surface area contributed by atoms with Gasteiger partial charge in [-0.2, -0.15) is 0 Å². The Morgan fingerprint density at radius 3 is 2.50 bits per heavy atom. The van der Waals surface area contributed by atoms with Crippen LogP contribution in [-0.2, 0) is 4.79 Å². The van der Waals surface area contributed by atoms with Crippen LogP contribution >= 0.6 is 23.2 Å². The molecule has 1 amide bonds. The summed E-state index contributed by atoms with van der Waals surface area (Å²) in [4.78, 5) is 11.8. The Labute approximate surface area is 152 Å². The number of ether oxygens (including phenoxy) is 1. The van der Waals surface area contributed by atoms with E-state index < -0.39 is 0 Å². The third-order valence-electron chi connectivity index (χ3n) is 3.24. The van der Waals surface area contributed by atoms with E-state index in [1.54, 1.807) is 24.3 Å². The fourth-order valence-corrected chi connectivity index (χ4v) is 2.69. The van der Waals surface area contributed by atoms with Gasteiger partial charge in [-0.25, -0.2) is 0 Å². The van der Waals surface area contributed by atoms with Crippen LogP contribution in [0.3, 0.4) is 0 Å². The Bertz CT molecular complexity index is 737. The number of nitrogens with one attached hydrogen (secondary N) is 1. The van der Waals surface area contributed by atoms with Gasteiger partial charge in [0.15, 0.2) is 0 Å². The summed E-state index contributed by atoms with van der Waals surface area (Å²) in [6.45, 7) is 4.87. The first-order valence-electron chi connectivity index (χ1n) is 7.56. The van der Waals surface area contributed by atoms with Crippen molar-refractivity contribution in [1.29, 1.82) is 0 Å². The molecule has 0 atom stereocenters. The zero-order chi connectivity index (χ0) is 17.5. The fourth-order valence-electron chi connectivity index (χ4n) is 2.22. The lowest BCUT2D eigenvalue weighted by molar-refractivity contribution is -0.116. The molecule has 1 N–H and O–H groups in total. The smallest absolute Gasteiger partial charge is 0.244 e. The van der Waals surface area contributed by atoms with Crippen LogP contribution in [0.25, 0.3) is 6.08 Å². The molecule has 0 aliphatic heterocycles. The molecule has 0 saturated carbocycles. The minimum atomic E-state index is -0.204. The van der Waals surface area contributed by atoms with E-state index in [2.05, 4.69) is 11.4 Å². The summed E-state index contributed by atoms with van der Waals surface area (Å²) in [6, 6.07) is 11.1. The topological polar surface area (TPSA) is 38.3 Å². The second kappa shape index (κ2) is 8.76. The van der Waals surface area contributed by atoms with E-state index in [0.717, 1.165) is 22.4 Å². The lowest BCUT2D eigenvalue weighted by Crippen LogP contribution is -2.26. The van der Waals surface area contributed by atoms with Gasteiger partial charge in [0, 0.05) is 16.1 Å². The second-order valence-electron chi connectivity index (χ2n) is 5.46. The zero-order valence-electron chi connectivity index (χ0n) is 13.6. The molecule has 24 heavy (non-hydrogen) atoms. The molecule has 2 aromatic carbocycles. The van der Waals surface area contributed by atoms with Gasteiger partial charge in [-0.15, -0.1) is 0 Å². The third-order valence-corrected chi connectivity index (χ3v) is 3.80. The predicted molar refractivity (Wildman–Crippen MR) is 99.9 cm³/mol. The van der Waals surface area contributed by atoms with Crippen LogP contribution in [0.15, 0.2) is 42.5 Å². The van der Waals surface area contributed by atoms with Gasteiger partial charge >= 0.3 is 0 Å². The maximum atomic E-state index is 11.8. The van der Waals surface area contributed by atoms with Crippen LogP contribution in [0.2, 0.25) is 10.0 Å². The van der Waals surface area contributed by atoms with Crippen molar-refractivity contribution in [2.45, 2.75) is 13.8 Å². The Morgan fingerprint density at radius 2 is 1.83 bits per heavy atom. The Morgan fingerprint density at radius 1 is 1.12 bits per heavy atom. The van der Waals surface area contributed by atoms with Crippen molar-refractivity contribution in [1.82, 2.24) is 5.32 Å². The predicted octanol–water partition coefficient (Wildman–Crippen LogP) is 4.82. The summed E-state index contributed by atoms with van der Waals surface area (Å²) >= 11 is 11.9. The van der Waals surface area contributed by atoms with Crippen LogP contribution < -0.4 is 10.1 Å². The molecule has 5 heteroatoms. The number of carbonyl (C=O) groups excluding carboxylic acids is 1. The van der Waals surface area contributed by atoms with E-state index in [0.29, 0.717) is 23.2 Å². The lowest BCUT2D eigenvalue weighted by Gasteiger charge is -2.08.